The van der Waals surface area contributed by atoms with E-state index >= 15 is 0 Å². The Hall–Kier alpha value is -2.14. The third-order valence-electron chi connectivity index (χ3n) is 4.03. The monoisotopic (exact) mass is 362 g/mol. The summed E-state index contributed by atoms with van der Waals surface area (Å²) >= 11 is 0. The third-order valence-corrected chi connectivity index (χ3v) is 6.18. The molecule has 0 aliphatic carbocycles. The fourth-order valence-corrected chi connectivity index (χ4v) is 4.22. The summed E-state index contributed by atoms with van der Waals surface area (Å²) in [5, 5.41) is 9.23. The van der Waals surface area contributed by atoms with Crippen LogP contribution in [0.1, 0.15) is 22.8 Å². The molecule has 0 saturated carbocycles. The maximum absolute atomic E-state index is 11.2. The fourth-order valence-electron chi connectivity index (χ4n) is 2.60. The van der Waals surface area contributed by atoms with Crippen LogP contribution in [0.3, 0.4) is 0 Å². The molecule has 2 aromatic rings. The molecule has 1 unspecified atom stereocenters. The number of rotatable bonds is 8. The fraction of sp³-hybridized carbons (Fsp3) is 0.350. The van der Waals surface area contributed by atoms with E-state index in [9.17, 15) is 9.90 Å². The summed E-state index contributed by atoms with van der Waals surface area (Å²) in [6.07, 6.45) is 6.60. The SMILES string of the molecule is COc1ccc(COc2ccc(C(CC(=O)O)S(C)(C)C)cc2)cc1. The molecule has 1 atom stereocenters. The molecule has 0 saturated heterocycles. The Morgan fingerprint density at radius 2 is 1.56 bits per heavy atom. The Labute approximate surface area is 151 Å². The van der Waals surface area contributed by atoms with Crippen LogP contribution in [0.25, 0.3) is 0 Å². The van der Waals surface area contributed by atoms with Gasteiger partial charge in [-0.1, -0.05) is 24.3 Å². The van der Waals surface area contributed by atoms with Gasteiger partial charge < -0.3 is 14.6 Å². The van der Waals surface area contributed by atoms with Crippen LogP contribution in [0.2, 0.25) is 0 Å². The number of hydrogen-bond acceptors (Lipinski definition) is 3. The standard InChI is InChI=1S/C20H26O4S/c1-23-17-9-5-15(6-10-17)14-24-18-11-7-16(8-12-18)19(13-20(21)22)25(2,3)4/h5-12,19H,13-14H2,1-4H3,(H,21,22). The molecule has 25 heavy (non-hydrogen) atoms. The van der Waals surface area contributed by atoms with Gasteiger partial charge in [-0.2, -0.15) is 0 Å². The molecule has 0 heterocycles. The van der Waals surface area contributed by atoms with Crippen LogP contribution in [-0.2, 0) is 11.4 Å². The lowest BCUT2D eigenvalue weighted by molar-refractivity contribution is -0.137. The molecule has 4 nitrogen and oxygen atoms in total. The zero-order valence-corrected chi connectivity index (χ0v) is 16.0. The third kappa shape index (κ3) is 5.71. The van der Waals surface area contributed by atoms with E-state index in [1.165, 1.54) is 0 Å². The highest BCUT2D eigenvalue weighted by Crippen LogP contribution is 2.53. The summed E-state index contributed by atoms with van der Waals surface area (Å²) < 4.78 is 11.0. The van der Waals surface area contributed by atoms with Gasteiger partial charge in [0.15, 0.2) is 0 Å². The van der Waals surface area contributed by atoms with Gasteiger partial charge in [0.1, 0.15) is 18.1 Å². The van der Waals surface area contributed by atoms with Crippen LogP contribution in [0.15, 0.2) is 48.5 Å². The van der Waals surface area contributed by atoms with Crippen molar-refractivity contribution < 1.29 is 19.4 Å². The predicted octanol–water partition coefficient (Wildman–Crippen LogP) is 4.48. The smallest absolute Gasteiger partial charge is 0.304 e. The lowest BCUT2D eigenvalue weighted by Crippen LogP contribution is -2.12. The first kappa shape index (κ1) is 19.2. The van der Waals surface area contributed by atoms with Gasteiger partial charge in [0, 0.05) is 5.25 Å². The van der Waals surface area contributed by atoms with Crippen molar-refractivity contribution in [2.45, 2.75) is 18.3 Å². The lowest BCUT2D eigenvalue weighted by Gasteiger charge is -2.35. The van der Waals surface area contributed by atoms with Crippen LogP contribution < -0.4 is 9.47 Å². The molecule has 0 spiro atoms. The van der Waals surface area contributed by atoms with Crippen molar-refractivity contribution in [2.24, 2.45) is 0 Å². The molecule has 1 N–H and O–H groups in total. The van der Waals surface area contributed by atoms with Crippen molar-refractivity contribution in [2.75, 3.05) is 25.9 Å². The Bertz CT molecular complexity index is 687. The lowest BCUT2D eigenvalue weighted by atomic mass is 10.1. The first-order valence-electron chi connectivity index (χ1n) is 8.04. The highest BCUT2D eigenvalue weighted by Gasteiger charge is 2.24. The number of carboxylic acid groups (broad SMARTS) is 1. The Morgan fingerprint density at radius 1 is 1.00 bits per heavy atom. The van der Waals surface area contributed by atoms with Gasteiger partial charge in [-0.25, -0.2) is 10.0 Å². The molecular formula is C20H26O4S. The molecule has 5 heteroatoms. The van der Waals surface area contributed by atoms with E-state index in [0.717, 1.165) is 22.6 Å². The van der Waals surface area contributed by atoms with E-state index in [2.05, 4.69) is 18.8 Å². The zero-order chi connectivity index (χ0) is 18.4. The van der Waals surface area contributed by atoms with Gasteiger partial charge in [-0.05, 0) is 54.2 Å². The van der Waals surface area contributed by atoms with Crippen molar-refractivity contribution in [1.82, 2.24) is 0 Å². The number of methoxy groups -OCH3 is 1. The Kier molecular flexibility index (Phi) is 6.37. The summed E-state index contributed by atoms with van der Waals surface area (Å²) in [4.78, 5) is 11.2. The molecule has 2 rings (SSSR count). The van der Waals surface area contributed by atoms with E-state index in [4.69, 9.17) is 9.47 Å². The summed E-state index contributed by atoms with van der Waals surface area (Å²) in [5.41, 5.74) is 2.12. The number of benzene rings is 2. The molecular weight excluding hydrogens is 336 g/mol. The number of carboxylic acids is 1. The van der Waals surface area contributed by atoms with Crippen LogP contribution in [0.4, 0.5) is 0 Å². The van der Waals surface area contributed by atoms with E-state index in [-0.39, 0.29) is 11.7 Å². The first-order valence-corrected chi connectivity index (χ1v) is 11.0. The maximum Gasteiger partial charge on any atom is 0.304 e. The molecule has 2 aromatic carbocycles. The van der Waals surface area contributed by atoms with Gasteiger partial charge in [-0.15, -0.1) is 0 Å². The molecule has 0 amide bonds. The maximum atomic E-state index is 11.2. The number of aliphatic carboxylic acids is 1. The zero-order valence-electron chi connectivity index (χ0n) is 15.2. The van der Waals surface area contributed by atoms with Gasteiger partial charge in [0.05, 0.1) is 13.5 Å². The first-order chi connectivity index (χ1) is 11.8. The minimum absolute atomic E-state index is 0.0423. The topological polar surface area (TPSA) is 55.8 Å². The highest BCUT2D eigenvalue weighted by atomic mass is 32.3. The van der Waals surface area contributed by atoms with Gasteiger partial charge in [0.2, 0.25) is 0 Å². The van der Waals surface area contributed by atoms with Crippen LogP contribution >= 0.6 is 10.0 Å². The molecule has 0 bridgehead atoms. The van der Waals surface area contributed by atoms with E-state index in [0.29, 0.717) is 6.61 Å². The minimum atomic E-state index is -1.02. The number of carbonyl (C=O) groups is 1. The van der Waals surface area contributed by atoms with Crippen molar-refractivity contribution in [3.05, 3.63) is 59.7 Å². The minimum Gasteiger partial charge on any atom is -0.497 e. The van der Waals surface area contributed by atoms with E-state index in [1.54, 1.807) is 7.11 Å². The molecule has 0 fully saturated rings. The second-order valence-corrected chi connectivity index (χ2v) is 11.2. The van der Waals surface area contributed by atoms with E-state index < -0.39 is 16.0 Å². The summed E-state index contributed by atoms with van der Waals surface area (Å²) in [6.45, 7) is 0.479. The Balaban J connectivity index is 2.03. The second kappa shape index (κ2) is 8.30. The molecule has 0 aliphatic rings. The Morgan fingerprint density at radius 3 is 2.04 bits per heavy atom. The summed E-state index contributed by atoms with van der Waals surface area (Å²) in [7, 11) is 0.622. The van der Waals surface area contributed by atoms with Crippen LogP contribution in [0, 0.1) is 0 Å². The van der Waals surface area contributed by atoms with E-state index in [1.807, 2.05) is 48.5 Å². The number of ether oxygens (including phenoxy) is 2. The van der Waals surface area contributed by atoms with Crippen LogP contribution in [-0.4, -0.2) is 37.0 Å². The van der Waals surface area contributed by atoms with Crippen molar-refractivity contribution in [1.29, 1.82) is 0 Å². The van der Waals surface area contributed by atoms with Crippen molar-refractivity contribution in [3.8, 4) is 11.5 Å². The van der Waals surface area contributed by atoms with Gasteiger partial charge in [0.25, 0.3) is 0 Å². The average Bonchev–Trinajstić information content (AvgIpc) is 2.58. The molecule has 0 radical (unpaired) electrons. The van der Waals surface area contributed by atoms with Gasteiger partial charge >= 0.3 is 5.97 Å². The molecule has 136 valence electrons. The van der Waals surface area contributed by atoms with Gasteiger partial charge in [-0.3, -0.25) is 4.79 Å². The van der Waals surface area contributed by atoms with Crippen molar-refractivity contribution >= 4 is 16.0 Å². The summed E-state index contributed by atoms with van der Waals surface area (Å²) in [5.74, 6) is 0.840. The van der Waals surface area contributed by atoms with Crippen LogP contribution in [0.5, 0.6) is 11.5 Å². The van der Waals surface area contributed by atoms with Crippen molar-refractivity contribution in [3.63, 3.8) is 0 Å². The molecule has 0 aliphatic heterocycles. The molecule has 0 aromatic heterocycles. The quantitative estimate of drug-likeness (QED) is 0.752. The second-order valence-electron chi connectivity index (χ2n) is 6.72. The highest BCUT2D eigenvalue weighted by molar-refractivity contribution is 8.32. The predicted molar refractivity (Wildman–Crippen MR) is 104 cm³/mol. The number of hydrogen-bond donors (Lipinski definition) is 1. The largest absolute Gasteiger partial charge is 0.497 e. The summed E-state index contributed by atoms with van der Waals surface area (Å²) in [6, 6.07) is 15.6. The average molecular weight is 362 g/mol. The normalized spacial score (nSPS) is 13.1.